The first-order valence-electron chi connectivity index (χ1n) is 4.15. The maximum absolute atomic E-state index is 13.0. The molecule has 2 rings (SSSR count). The Morgan fingerprint density at radius 1 is 1.36 bits per heavy atom. The summed E-state index contributed by atoms with van der Waals surface area (Å²) in [7, 11) is 0. The fraction of sp³-hybridized carbons (Fsp3) is 0.100. The van der Waals surface area contributed by atoms with Crippen LogP contribution in [-0.2, 0) is 0 Å². The minimum Gasteiger partial charge on any atom is -0.383 e. The minimum absolute atomic E-state index is 0.189. The Labute approximate surface area is 85.4 Å². The molecule has 0 spiro atoms. The maximum Gasteiger partial charge on any atom is 0.137 e. The van der Waals surface area contributed by atoms with Crippen LogP contribution in [0.2, 0.25) is 0 Å². The van der Waals surface area contributed by atoms with E-state index in [0.29, 0.717) is 11.4 Å². The molecule has 0 saturated heterocycles. The molecule has 0 radical (unpaired) electrons. The van der Waals surface area contributed by atoms with Crippen LogP contribution in [0.15, 0.2) is 24.3 Å². The van der Waals surface area contributed by atoms with Crippen molar-refractivity contribution in [3.8, 4) is 10.4 Å². The van der Waals surface area contributed by atoms with Gasteiger partial charge in [0.15, 0.2) is 0 Å². The van der Waals surface area contributed by atoms with Gasteiger partial charge in [-0.1, -0.05) is 6.07 Å². The summed E-state index contributed by atoms with van der Waals surface area (Å²) >= 11 is 1.32. The second-order valence-electron chi connectivity index (χ2n) is 3.08. The molecule has 1 aromatic heterocycles. The van der Waals surface area contributed by atoms with E-state index in [9.17, 15) is 4.39 Å². The highest BCUT2D eigenvalue weighted by atomic mass is 32.1. The number of halogens is 1. The monoisotopic (exact) mass is 208 g/mol. The number of aryl methyl sites for hydroxylation is 1. The number of benzene rings is 1. The molecule has 4 heteroatoms. The summed E-state index contributed by atoms with van der Waals surface area (Å²) < 4.78 is 17.0. The van der Waals surface area contributed by atoms with Gasteiger partial charge in [0, 0.05) is 6.07 Å². The van der Waals surface area contributed by atoms with Crippen molar-refractivity contribution in [2.24, 2.45) is 0 Å². The summed E-state index contributed by atoms with van der Waals surface area (Å²) in [4.78, 5) is 0.964. The summed E-state index contributed by atoms with van der Waals surface area (Å²) in [6, 6.07) is 6.77. The van der Waals surface area contributed by atoms with Crippen LogP contribution in [0.3, 0.4) is 0 Å². The lowest BCUT2D eigenvalue weighted by molar-refractivity contribution is 0.619. The normalized spacial score (nSPS) is 10.4. The molecule has 0 atom stereocenters. The average Bonchev–Trinajstić information content (AvgIpc) is 2.57. The van der Waals surface area contributed by atoms with Gasteiger partial charge in [-0.2, -0.15) is 4.37 Å². The number of nitrogens with two attached hydrogens (primary N) is 1. The minimum atomic E-state index is -0.189. The second-order valence-corrected chi connectivity index (χ2v) is 3.88. The summed E-state index contributed by atoms with van der Waals surface area (Å²) in [6.07, 6.45) is 0. The molecule has 0 saturated carbocycles. The van der Waals surface area contributed by atoms with Gasteiger partial charge in [-0.25, -0.2) is 4.39 Å². The summed E-state index contributed by atoms with van der Waals surface area (Å²) in [5, 5.41) is 0. The van der Waals surface area contributed by atoms with Crippen LogP contribution < -0.4 is 5.73 Å². The first-order valence-corrected chi connectivity index (χ1v) is 4.93. The Kier molecular flexibility index (Phi) is 2.21. The molecule has 0 unspecified atom stereocenters. The smallest absolute Gasteiger partial charge is 0.137 e. The Morgan fingerprint density at radius 3 is 2.71 bits per heavy atom. The standard InChI is InChI=1S/C10H9FN2S/c1-6-4-7(2-3-8(6)11)9-5-10(12)13-14-9/h2-5H,1H3,(H2,12,13). The van der Waals surface area contributed by atoms with Gasteiger partial charge in [-0.05, 0) is 41.7 Å². The lowest BCUT2D eigenvalue weighted by Crippen LogP contribution is -1.82. The van der Waals surface area contributed by atoms with Gasteiger partial charge in [0.25, 0.3) is 0 Å². The molecular weight excluding hydrogens is 199 g/mol. The van der Waals surface area contributed by atoms with Crippen molar-refractivity contribution in [1.29, 1.82) is 0 Å². The Morgan fingerprint density at radius 2 is 2.14 bits per heavy atom. The number of nitrogen functional groups attached to an aromatic ring is 1. The summed E-state index contributed by atoms with van der Waals surface area (Å²) in [5.41, 5.74) is 7.10. The number of hydrogen-bond donors (Lipinski definition) is 1. The molecular formula is C10H9FN2S. The van der Waals surface area contributed by atoms with Gasteiger partial charge in [0.1, 0.15) is 11.6 Å². The van der Waals surface area contributed by atoms with E-state index >= 15 is 0 Å². The molecule has 2 N–H and O–H groups in total. The van der Waals surface area contributed by atoms with Crippen molar-refractivity contribution in [3.63, 3.8) is 0 Å². The molecule has 0 bridgehead atoms. The number of anilines is 1. The third-order valence-electron chi connectivity index (χ3n) is 1.97. The average molecular weight is 208 g/mol. The van der Waals surface area contributed by atoms with Crippen LogP contribution >= 0.6 is 11.5 Å². The highest BCUT2D eigenvalue weighted by molar-refractivity contribution is 7.09. The summed E-state index contributed by atoms with van der Waals surface area (Å²) in [5.74, 6) is 0.318. The molecule has 0 aliphatic carbocycles. The van der Waals surface area contributed by atoms with Gasteiger partial charge in [0.05, 0.1) is 4.88 Å². The quantitative estimate of drug-likeness (QED) is 0.782. The second kappa shape index (κ2) is 3.38. The zero-order valence-corrected chi connectivity index (χ0v) is 8.44. The third-order valence-corrected chi connectivity index (χ3v) is 2.82. The van der Waals surface area contributed by atoms with E-state index in [0.717, 1.165) is 10.4 Å². The highest BCUT2D eigenvalue weighted by Gasteiger charge is 2.04. The van der Waals surface area contributed by atoms with Gasteiger partial charge in [0.2, 0.25) is 0 Å². The first-order chi connectivity index (χ1) is 6.66. The van der Waals surface area contributed by atoms with E-state index in [4.69, 9.17) is 5.73 Å². The number of nitrogens with zero attached hydrogens (tertiary/aromatic N) is 1. The van der Waals surface area contributed by atoms with Crippen molar-refractivity contribution in [3.05, 3.63) is 35.6 Å². The maximum atomic E-state index is 13.0. The fourth-order valence-electron chi connectivity index (χ4n) is 1.22. The Balaban J connectivity index is 2.47. The fourth-order valence-corrected chi connectivity index (χ4v) is 1.89. The van der Waals surface area contributed by atoms with Crippen molar-refractivity contribution >= 4 is 17.4 Å². The van der Waals surface area contributed by atoms with Gasteiger partial charge >= 0.3 is 0 Å². The molecule has 1 aromatic carbocycles. The first kappa shape index (κ1) is 9.15. The van der Waals surface area contributed by atoms with E-state index < -0.39 is 0 Å². The lowest BCUT2D eigenvalue weighted by atomic mass is 10.1. The van der Waals surface area contributed by atoms with Crippen LogP contribution in [0, 0.1) is 12.7 Å². The summed E-state index contributed by atoms with van der Waals surface area (Å²) in [6.45, 7) is 1.74. The molecule has 1 heterocycles. The molecule has 0 fully saturated rings. The molecule has 0 aliphatic heterocycles. The van der Waals surface area contributed by atoms with Crippen molar-refractivity contribution in [2.75, 3.05) is 5.73 Å². The molecule has 2 aromatic rings. The largest absolute Gasteiger partial charge is 0.383 e. The molecule has 0 amide bonds. The topological polar surface area (TPSA) is 38.9 Å². The molecule has 0 aliphatic rings. The van der Waals surface area contributed by atoms with Gasteiger partial charge < -0.3 is 5.73 Å². The lowest BCUT2D eigenvalue weighted by Gasteiger charge is -1.99. The van der Waals surface area contributed by atoms with E-state index in [2.05, 4.69) is 4.37 Å². The SMILES string of the molecule is Cc1cc(-c2cc(N)ns2)ccc1F. The van der Waals surface area contributed by atoms with Crippen molar-refractivity contribution < 1.29 is 4.39 Å². The Bertz CT molecular complexity index is 465. The van der Waals surface area contributed by atoms with Crippen LogP contribution in [-0.4, -0.2) is 4.37 Å². The van der Waals surface area contributed by atoms with Crippen LogP contribution in [0.4, 0.5) is 10.2 Å². The van der Waals surface area contributed by atoms with Gasteiger partial charge in [-0.15, -0.1) is 0 Å². The van der Waals surface area contributed by atoms with Crippen molar-refractivity contribution in [2.45, 2.75) is 6.92 Å². The van der Waals surface area contributed by atoms with E-state index in [-0.39, 0.29) is 5.82 Å². The zero-order chi connectivity index (χ0) is 10.1. The Hall–Kier alpha value is -1.42. The zero-order valence-electron chi connectivity index (χ0n) is 7.62. The number of rotatable bonds is 1. The number of aromatic nitrogens is 1. The van der Waals surface area contributed by atoms with Crippen LogP contribution in [0.25, 0.3) is 10.4 Å². The molecule has 14 heavy (non-hydrogen) atoms. The highest BCUT2D eigenvalue weighted by Crippen LogP contribution is 2.26. The van der Waals surface area contributed by atoms with Crippen LogP contribution in [0.5, 0.6) is 0 Å². The number of hydrogen-bond acceptors (Lipinski definition) is 3. The molecule has 72 valence electrons. The van der Waals surface area contributed by atoms with E-state index in [1.165, 1.54) is 17.6 Å². The molecule has 2 nitrogen and oxygen atoms in total. The van der Waals surface area contributed by atoms with Crippen molar-refractivity contribution in [1.82, 2.24) is 4.37 Å². The van der Waals surface area contributed by atoms with E-state index in [1.54, 1.807) is 25.1 Å². The predicted molar refractivity (Wildman–Crippen MR) is 56.7 cm³/mol. The van der Waals surface area contributed by atoms with E-state index in [1.807, 2.05) is 0 Å². The van der Waals surface area contributed by atoms with Gasteiger partial charge in [-0.3, -0.25) is 0 Å². The van der Waals surface area contributed by atoms with Crippen LogP contribution in [0.1, 0.15) is 5.56 Å². The third kappa shape index (κ3) is 1.61. The predicted octanol–water partition coefficient (Wildman–Crippen LogP) is 2.84.